The van der Waals surface area contributed by atoms with Crippen LogP contribution in [0.2, 0.25) is 0 Å². The van der Waals surface area contributed by atoms with E-state index in [-0.39, 0.29) is 22.3 Å². The van der Waals surface area contributed by atoms with Crippen LogP contribution in [-0.4, -0.2) is 41.1 Å². The molecule has 2 heterocycles. The molecule has 3 aromatic carbocycles. The lowest BCUT2D eigenvalue weighted by Crippen LogP contribution is -2.46. The fourth-order valence-electron chi connectivity index (χ4n) is 7.40. The van der Waals surface area contributed by atoms with Gasteiger partial charge in [0.05, 0.1) is 5.54 Å². The van der Waals surface area contributed by atoms with E-state index in [2.05, 4.69) is 56.8 Å². The summed E-state index contributed by atoms with van der Waals surface area (Å²) in [6.45, 7) is 7.66. The second-order valence-corrected chi connectivity index (χ2v) is 11.2. The van der Waals surface area contributed by atoms with Crippen molar-refractivity contribution in [2.24, 2.45) is 5.92 Å². The first-order valence-electron chi connectivity index (χ1n) is 13.5. The molecule has 0 aromatic heterocycles. The van der Waals surface area contributed by atoms with Gasteiger partial charge in [-0.1, -0.05) is 57.2 Å². The summed E-state index contributed by atoms with van der Waals surface area (Å²) in [5.41, 5.74) is 6.02. The minimum absolute atomic E-state index is 0.0349. The minimum atomic E-state index is -1.20. The second-order valence-electron chi connectivity index (χ2n) is 11.2. The first-order chi connectivity index (χ1) is 18.3. The largest absolute Gasteiger partial charge is 0.378 e. The molecule has 1 N–H and O–H groups in total. The highest BCUT2D eigenvalue weighted by atomic mass is 19.1. The number of aliphatic hydroxyl groups excluding tert-OH is 1. The predicted octanol–water partition coefficient (Wildman–Crippen LogP) is 6.83. The van der Waals surface area contributed by atoms with Crippen molar-refractivity contribution in [2.45, 2.75) is 44.4 Å². The van der Waals surface area contributed by atoms with Gasteiger partial charge >= 0.3 is 0 Å². The molecule has 6 rings (SSSR count). The van der Waals surface area contributed by atoms with Crippen LogP contribution in [0.4, 0.5) is 15.8 Å². The number of halogens is 1. The normalized spacial score (nSPS) is 25.9. The Kier molecular flexibility index (Phi) is 5.69. The summed E-state index contributed by atoms with van der Waals surface area (Å²) in [4.78, 5) is 6.45. The van der Waals surface area contributed by atoms with Crippen LogP contribution in [0.5, 0.6) is 0 Å². The average molecular weight is 510 g/mol. The zero-order chi connectivity index (χ0) is 26.8. The van der Waals surface area contributed by atoms with Gasteiger partial charge in [0, 0.05) is 60.0 Å². The molecule has 0 amide bonds. The van der Waals surface area contributed by atoms with E-state index in [4.69, 9.17) is 0 Å². The molecular formula is C33H36FN3O. The van der Waals surface area contributed by atoms with Gasteiger partial charge in [-0.15, -0.1) is 0 Å². The maximum atomic E-state index is 16.1. The number of anilines is 2. The van der Waals surface area contributed by atoms with E-state index >= 15 is 4.39 Å². The predicted molar refractivity (Wildman–Crippen MR) is 152 cm³/mol. The van der Waals surface area contributed by atoms with Gasteiger partial charge in [0.2, 0.25) is 0 Å². The summed E-state index contributed by atoms with van der Waals surface area (Å²) in [7, 11) is 4.11. The molecule has 3 aromatic rings. The zero-order valence-corrected chi connectivity index (χ0v) is 22.8. The van der Waals surface area contributed by atoms with E-state index in [1.807, 2.05) is 66.7 Å². The molecule has 1 saturated carbocycles. The molecule has 3 aliphatic rings. The van der Waals surface area contributed by atoms with Crippen molar-refractivity contribution >= 4 is 17.1 Å². The highest BCUT2D eigenvalue weighted by molar-refractivity contribution is 5.79. The van der Waals surface area contributed by atoms with Crippen LogP contribution >= 0.6 is 0 Å². The molecule has 38 heavy (non-hydrogen) atoms. The van der Waals surface area contributed by atoms with Crippen molar-refractivity contribution in [1.29, 1.82) is 0 Å². The average Bonchev–Trinajstić information content (AvgIpc) is 3.45. The van der Waals surface area contributed by atoms with Crippen LogP contribution in [0.3, 0.4) is 0 Å². The minimum Gasteiger partial charge on any atom is -0.378 e. The quantitative estimate of drug-likeness (QED) is 0.369. The monoisotopic (exact) mass is 509 g/mol. The van der Waals surface area contributed by atoms with E-state index in [9.17, 15) is 5.11 Å². The number of nitrogens with zero attached hydrogens (tertiary/aromatic N) is 3. The Balaban J connectivity index is 1.53. The van der Waals surface area contributed by atoms with Crippen LogP contribution in [0.25, 0.3) is 5.70 Å². The van der Waals surface area contributed by atoms with Gasteiger partial charge in [-0.05, 0) is 66.5 Å². The molecule has 4 nitrogen and oxygen atoms in total. The number of hydrogen-bond donors (Lipinski definition) is 1. The number of para-hydroxylation sites is 2. The number of allylic oxidation sites excluding steroid dienone is 1. The van der Waals surface area contributed by atoms with Crippen molar-refractivity contribution in [1.82, 2.24) is 9.80 Å². The van der Waals surface area contributed by atoms with Crippen LogP contribution in [0, 0.1) is 11.7 Å². The smallest absolute Gasteiger partial charge is 0.160 e. The highest BCUT2D eigenvalue weighted by Crippen LogP contribution is 2.72. The zero-order valence-electron chi connectivity index (χ0n) is 22.8. The summed E-state index contributed by atoms with van der Waals surface area (Å²) in [5, 5.41) is 11.8. The number of fused-ring (bicyclic) bond motifs is 6. The lowest BCUT2D eigenvalue weighted by atomic mass is 9.79. The fourth-order valence-corrected chi connectivity index (χ4v) is 7.40. The van der Waals surface area contributed by atoms with E-state index in [0.29, 0.717) is 5.92 Å². The molecule has 0 radical (unpaired) electrons. The van der Waals surface area contributed by atoms with Gasteiger partial charge in [0.25, 0.3) is 0 Å². The van der Waals surface area contributed by atoms with Crippen molar-refractivity contribution < 1.29 is 9.50 Å². The number of rotatable bonds is 6. The maximum absolute atomic E-state index is 16.1. The van der Waals surface area contributed by atoms with Crippen LogP contribution in [0.1, 0.15) is 50.1 Å². The second kappa shape index (κ2) is 8.74. The summed E-state index contributed by atoms with van der Waals surface area (Å²) in [6, 6.07) is 23.0. The Bertz CT molecular complexity index is 1390. The molecule has 2 aliphatic heterocycles. The lowest BCUT2D eigenvalue weighted by molar-refractivity contribution is 0.179. The SMILES string of the molecule is CC[C@]12[C@@H](C)C1(C)c1cc(F)c(C(O)N(c3ccccc3)c3ccccc3)cc1C1=CC(N(C)C)=CCN12. The lowest BCUT2D eigenvalue weighted by Gasteiger charge is -2.46. The number of likely N-dealkylation sites (N-methyl/N-ethyl adjacent to an activating group) is 1. The third-order valence-corrected chi connectivity index (χ3v) is 9.56. The molecular weight excluding hydrogens is 473 g/mol. The number of benzene rings is 3. The molecule has 1 aliphatic carbocycles. The number of hydrogen-bond acceptors (Lipinski definition) is 4. The van der Waals surface area contributed by atoms with Crippen molar-refractivity contribution in [3.05, 3.63) is 113 Å². The molecule has 196 valence electrons. The number of aliphatic hydroxyl groups is 1. The van der Waals surface area contributed by atoms with E-state index in [1.165, 1.54) is 0 Å². The van der Waals surface area contributed by atoms with Gasteiger partial charge in [0.15, 0.2) is 6.23 Å². The summed E-state index contributed by atoms with van der Waals surface area (Å²) >= 11 is 0. The summed E-state index contributed by atoms with van der Waals surface area (Å²) in [5.74, 6) is 0.0194. The van der Waals surface area contributed by atoms with E-state index in [0.717, 1.165) is 46.9 Å². The van der Waals surface area contributed by atoms with Crippen LogP contribution < -0.4 is 4.90 Å². The standard InChI is InChI=1S/C33H36FN3O/c1-6-33-22(2)32(33,3)28-21-29(34)27(20-26(28)30-19-25(35(4)5)17-18-36(30)33)31(38)37(23-13-9-7-10-14-23)24-15-11-8-12-16-24/h7-17,19-22,31,38H,6,18H2,1-5H3/t22-,31?,32?,33-/m0/s1. The topological polar surface area (TPSA) is 30.0 Å². The third-order valence-electron chi connectivity index (χ3n) is 9.56. The molecule has 2 unspecified atom stereocenters. The van der Waals surface area contributed by atoms with E-state index < -0.39 is 6.23 Å². The third kappa shape index (κ3) is 3.24. The van der Waals surface area contributed by atoms with Gasteiger partial charge in [-0.3, -0.25) is 0 Å². The first kappa shape index (κ1) is 24.7. The van der Waals surface area contributed by atoms with Crippen molar-refractivity contribution in [3.63, 3.8) is 0 Å². The molecule has 4 atom stereocenters. The Morgan fingerprint density at radius 3 is 2.18 bits per heavy atom. The molecule has 0 saturated heterocycles. The molecule has 5 heteroatoms. The van der Waals surface area contributed by atoms with Gasteiger partial charge in [-0.25, -0.2) is 4.39 Å². The van der Waals surface area contributed by atoms with Crippen molar-refractivity contribution in [2.75, 3.05) is 25.5 Å². The molecule has 1 fully saturated rings. The Labute approximate surface area is 225 Å². The van der Waals surface area contributed by atoms with Gasteiger partial charge in [-0.2, -0.15) is 0 Å². The Morgan fingerprint density at radius 2 is 1.63 bits per heavy atom. The molecule has 0 bridgehead atoms. The van der Waals surface area contributed by atoms with E-state index in [1.54, 1.807) is 11.0 Å². The van der Waals surface area contributed by atoms with Gasteiger partial charge in [0.1, 0.15) is 5.82 Å². The van der Waals surface area contributed by atoms with Crippen LogP contribution in [0.15, 0.2) is 90.6 Å². The van der Waals surface area contributed by atoms with Gasteiger partial charge < -0.3 is 19.8 Å². The summed E-state index contributed by atoms with van der Waals surface area (Å²) < 4.78 is 16.1. The first-order valence-corrected chi connectivity index (χ1v) is 13.5. The summed E-state index contributed by atoms with van der Waals surface area (Å²) in [6.07, 6.45) is 4.30. The Hall–Kier alpha value is -3.57. The Morgan fingerprint density at radius 1 is 1.03 bits per heavy atom. The van der Waals surface area contributed by atoms with Crippen LogP contribution in [-0.2, 0) is 5.41 Å². The molecule has 0 spiro atoms. The maximum Gasteiger partial charge on any atom is 0.160 e. The fraction of sp³-hybridized carbons (Fsp3) is 0.333. The van der Waals surface area contributed by atoms with Crippen molar-refractivity contribution in [3.8, 4) is 0 Å². The highest BCUT2D eigenvalue weighted by Gasteiger charge is 2.76.